The van der Waals surface area contributed by atoms with Crippen molar-refractivity contribution in [3.63, 3.8) is 0 Å². The van der Waals surface area contributed by atoms with Crippen molar-refractivity contribution < 1.29 is 18.3 Å². The first-order valence-electron chi connectivity index (χ1n) is 13.7. The average molecular weight is 534 g/mol. The summed E-state index contributed by atoms with van der Waals surface area (Å²) in [6.07, 6.45) is 6.65. The molecule has 1 saturated heterocycles. The van der Waals surface area contributed by atoms with Crippen LogP contribution < -0.4 is 15.4 Å². The molecule has 2 aromatic carbocycles. The highest BCUT2D eigenvalue weighted by molar-refractivity contribution is 5.93. The summed E-state index contributed by atoms with van der Waals surface area (Å²) in [5, 5.41) is 6.08. The largest absolute Gasteiger partial charge is 0.462 e. The Balaban J connectivity index is 1.34. The van der Waals surface area contributed by atoms with Gasteiger partial charge in [0.1, 0.15) is 18.2 Å². The fourth-order valence-corrected chi connectivity index (χ4v) is 6.16. The monoisotopic (exact) mass is 533 g/mol. The zero-order valence-electron chi connectivity index (χ0n) is 22.2. The molecule has 1 saturated carbocycles. The summed E-state index contributed by atoms with van der Waals surface area (Å²) in [5.41, 5.74) is 4.86. The quantitative estimate of drug-likeness (QED) is 0.301. The van der Waals surface area contributed by atoms with E-state index < -0.39 is 11.7 Å². The summed E-state index contributed by atoms with van der Waals surface area (Å²) in [7, 11) is 2.08. The average Bonchev–Trinajstić information content (AvgIpc) is 3.45. The maximum Gasteiger partial charge on any atom is 0.318 e. The number of carbonyl (C=O) groups excluding carboxylic acids is 1. The Morgan fingerprint density at radius 3 is 2.79 bits per heavy atom. The van der Waals surface area contributed by atoms with Gasteiger partial charge < -0.3 is 20.3 Å². The number of aromatic nitrogens is 2. The number of rotatable bonds is 9. The van der Waals surface area contributed by atoms with E-state index in [9.17, 15) is 9.18 Å². The fraction of sp³-hybridized carbons (Fsp3) is 0.433. The molecule has 6 rings (SSSR count). The van der Waals surface area contributed by atoms with Gasteiger partial charge in [0.25, 0.3) is 5.91 Å². The molecule has 1 aromatic heterocycles. The summed E-state index contributed by atoms with van der Waals surface area (Å²) in [6, 6.07) is 9.96. The Hall–Kier alpha value is -3.59. The van der Waals surface area contributed by atoms with E-state index in [-0.39, 0.29) is 36.4 Å². The van der Waals surface area contributed by atoms with Gasteiger partial charge in [-0.25, -0.2) is 8.78 Å². The van der Waals surface area contributed by atoms with Crippen LogP contribution in [0.5, 0.6) is 6.01 Å². The number of hydrogen-bond donors (Lipinski definition) is 2. The lowest BCUT2D eigenvalue weighted by molar-refractivity contribution is -0.118. The molecule has 9 heteroatoms. The number of hydrogen-bond acceptors (Lipinski definition) is 6. The van der Waals surface area contributed by atoms with Gasteiger partial charge in [-0.05, 0) is 86.4 Å². The zero-order valence-corrected chi connectivity index (χ0v) is 22.2. The van der Waals surface area contributed by atoms with E-state index >= 15 is 4.39 Å². The van der Waals surface area contributed by atoms with E-state index in [1.807, 2.05) is 12.1 Å². The molecule has 204 valence electrons. The predicted molar refractivity (Wildman–Crippen MR) is 147 cm³/mol. The van der Waals surface area contributed by atoms with Crippen molar-refractivity contribution >= 4 is 22.6 Å². The van der Waals surface area contributed by atoms with Crippen LogP contribution in [0.25, 0.3) is 22.0 Å². The second-order valence-electron chi connectivity index (χ2n) is 11.0. The summed E-state index contributed by atoms with van der Waals surface area (Å²) in [4.78, 5) is 23.0. The van der Waals surface area contributed by atoms with Crippen molar-refractivity contribution in [1.29, 1.82) is 0 Å². The molecule has 39 heavy (non-hydrogen) atoms. The van der Waals surface area contributed by atoms with Crippen LogP contribution >= 0.6 is 0 Å². The molecule has 1 atom stereocenters. The molecule has 2 N–H and O–H groups in total. The van der Waals surface area contributed by atoms with Crippen LogP contribution in [0.1, 0.15) is 43.2 Å². The van der Waals surface area contributed by atoms with Crippen molar-refractivity contribution in [2.75, 3.05) is 38.6 Å². The Bertz CT molecular complexity index is 1460. The van der Waals surface area contributed by atoms with Crippen LogP contribution in [0.2, 0.25) is 0 Å². The maximum atomic E-state index is 15.8. The Morgan fingerprint density at radius 2 is 2.05 bits per heavy atom. The second kappa shape index (κ2) is 10.2. The minimum absolute atomic E-state index is 0.134. The predicted octanol–water partition coefficient (Wildman–Crippen LogP) is 4.90. The number of fused-ring (bicyclic) bond motifs is 3. The number of carbonyl (C=O) groups is 1. The number of aryl methyl sites for hydroxylation is 1. The van der Waals surface area contributed by atoms with E-state index in [2.05, 4.69) is 45.2 Å². The normalized spacial score (nSPS) is 19.3. The maximum absolute atomic E-state index is 15.8. The molecule has 3 aromatic rings. The number of anilines is 1. The third kappa shape index (κ3) is 4.95. The lowest BCUT2D eigenvalue weighted by Gasteiger charge is -2.20. The van der Waals surface area contributed by atoms with Crippen molar-refractivity contribution in [3.05, 3.63) is 59.7 Å². The number of nitrogens with zero attached hydrogens (tertiary/aromatic N) is 3. The van der Waals surface area contributed by atoms with Gasteiger partial charge in [-0.1, -0.05) is 24.8 Å². The summed E-state index contributed by atoms with van der Waals surface area (Å²) >= 11 is 0. The molecule has 1 spiro atoms. The highest BCUT2D eigenvalue weighted by atomic mass is 19.1. The van der Waals surface area contributed by atoms with Gasteiger partial charge in [-0.15, -0.1) is 0 Å². The van der Waals surface area contributed by atoms with Gasteiger partial charge >= 0.3 is 6.01 Å². The minimum Gasteiger partial charge on any atom is -0.462 e. The van der Waals surface area contributed by atoms with Crippen LogP contribution in [-0.2, 0) is 16.6 Å². The number of ether oxygens (including phenoxy) is 1. The van der Waals surface area contributed by atoms with Gasteiger partial charge in [0.2, 0.25) is 0 Å². The lowest BCUT2D eigenvalue weighted by atomic mass is 9.89. The molecule has 1 amide bonds. The number of likely N-dealkylation sites (N-methyl/N-ethyl adjacent to an activating group) is 1. The highest BCUT2D eigenvalue weighted by Crippen LogP contribution is 2.59. The Morgan fingerprint density at radius 1 is 1.21 bits per heavy atom. The second-order valence-corrected chi connectivity index (χ2v) is 11.0. The van der Waals surface area contributed by atoms with Crippen molar-refractivity contribution in [3.8, 4) is 17.1 Å². The number of amides is 1. The molecular formula is C30H33F2N5O2. The Kier molecular flexibility index (Phi) is 6.71. The standard InChI is InChI=1S/C30H33F2N5O2/c1-18(31)28(38)34-13-12-33-27-23-15-24(32)22(21-7-3-5-19-8-9-30(10-11-30)26(19)21)16-25(23)35-29(36-27)39-17-20-6-4-14-37(20)2/h3,5,7,15-16,20H,1,4,6,8-14,17H2,2H3,(H,34,38)(H,33,35,36)/t20-/m0/s1. The van der Waals surface area contributed by atoms with Gasteiger partial charge in [-0.3, -0.25) is 4.79 Å². The van der Waals surface area contributed by atoms with E-state index in [1.165, 1.54) is 17.2 Å². The molecule has 3 aliphatic rings. The lowest BCUT2D eigenvalue weighted by Crippen LogP contribution is -2.31. The number of benzene rings is 2. The molecule has 2 fully saturated rings. The third-order valence-corrected chi connectivity index (χ3v) is 8.49. The van der Waals surface area contributed by atoms with Crippen molar-refractivity contribution in [1.82, 2.24) is 20.2 Å². The molecule has 0 bridgehead atoms. The highest BCUT2D eigenvalue weighted by Gasteiger charge is 2.49. The molecule has 1 aliphatic heterocycles. The van der Waals surface area contributed by atoms with Crippen molar-refractivity contribution in [2.24, 2.45) is 0 Å². The summed E-state index contributed by atoms with van der Waals surface area (Å²) < 4.78 is 34.8. The number of likely N-dealkylation sites (tertiary alicyclic amines) is 1. The van der Waals surface area contributed by atoms with Gasteiger partial charge in [-0.2, -0.15) is 9.97 Å². The van der Waals surface area contributed by atoms with Crippen LogP contribution in [0.15, 0.2) is 42.7 Å². The van der Waals surface area contributed by atoms with Gasteiger partial charge in [0, 0.05) is 30.1 Å². The first kappa shape index (κ1) is 25.7. The van der Waals surface area contributed by atoms with Crippen LogP contribution in [0.4, 0.5) is 14.6 Å². The zero-order chi connectivity index (χ0) is 27.1. The third-order valence-electron chi connectivity index (χ3n) is 8.49. The van der Waals surface area contributed by atoms with E-state index in [1.54, 1.807) is 6.07 Å². The number of nitrogens with one attached hydrogen (secondary N) is 2. The summed E-state index contributed by atoms with van der Waals surface area (Å²) in [5.74, 6) is -1.86. The first-order chi connectivity index (χ1) is 18.8. The molecule has 2 heterocycles. The summed E-state index contributed by atoms with van der Waals surface area (Å²) in [6.45, 7) is 4.86. The van der Waals surface area contributed by atoms with E-state index in [0.717, 1.165) is 50.6 Å². The van der Waals surface area contributed by atoms with Gasteiger partial charge in [0.05, 0.1) is 5.52 Å². The first-order valence-corrected chi connectivity index (χ1v) is 13.7. The Labute approximate surface area is 226 Å². The topological polar surface area (TPSA) is 79.4 Å². The molecule has 0 radical (unpaired) electrons. The van der Waals surface area contributed by atoms with Crippen LogP contribution in [0.3, 0.4) is 0 Å². The smallest absolute Gasteiger partial charge is 0.318 e. The SMILES string of the molecule is C=C(F)C(=O)NCCNc1nc(OC[C@@H]2CCCN2C)nc2cc(-c3cccc4c3C3(CC4)CC3)c(F)cc12. The molecular weight excluding hydrogens is 500 g/mol. The van der Waals surface area contributed by atoms with E-state index in [0.29, 0.717) is 28.9 Å². The van der Waals surface area contributed by atoms with Crippen LogP contribution in [-0.4, -0.2) is 60.1 Å². The molecule has 0 unspecified atom stereocenters. The molecule has 7 nitrogen and oxygen atoms in total. The number of halogens is 2. The van der Waals surface area contributed by atoms with Gasteiger partial charge in [0.15, 0.2) is 5.83 Å². The van der Waals surface area contributed by atoms with E-state index in [4.69, 9.17) is 4.74 Å². The fourth-order valence-electron chi connectivity index (χ4n) is 6.16. The minimum atomic E-state index is -1.05. The van der Waals surface area contributed by atoms with Crippen LogP contribution in [0, 0.1) is 5.82 Å². The van der Waals surface area contributed by atoms with Crippen molar-refractivity contribution in [2.45, 2.75) is 50.0 Å². The molecule has 2 aliphatic carbocycles.